The smallest absolute Gasteiger partial charge is 0.126 e. The summed E-state index contributed by atoms with van der Waals surface area (Å²) in [5, 5.41) is 0. The predicted molar refractivity (Wildman–Crippen MR) is 78.7 cm³/mol. The molecule has 20 heavy (non-hydrogen) atoms. The van der Waals surface area contributed by atoms with Crippen LogP contribution in [0.4, 0.5) is 4.39 Å². The summed E-state index contributed by atoms with van der Waals surface area (Å²) in [6, 6.07) is 6.82. The van der Waals surface area contributed by atoms with E-state index in [9.17, 15) is 4.39 Å². The minimum Gasteiger partial charge on any atom is -0.377 e. The summed E-state index contributed by atoms with van der Waals surface area (Å²) in [4.78, 5) is 0. The third-order valence-electron chi connectivity index (χ3n) is 4.57. The van der Waals surface area contributed by atoms with Gasteiger partial charge in [0.2, 0.25) is 0 Å². The van der Waals surface area contributed by atoms with E-state index in [4.69, 9.17) is 10.6 Å². The molecule has 0 saturated heterocycles. The molecule has 3 nitrogen and oxygen atoms in total. The average Bonchev–Trinajstić information content (AvgIpc) is 2.73. The maximum absolute atomic E-state index is 13.9. The Morgan fingerprint density at radius 3 is 2.45 bits per heavy atom. The normalized spacial score (nSPS) is 20.4. The quantitative estimate of drug-likeness (QED) is 0.495. The third kappa shape index (κ3) is 3.37. The Kier molecular flexibility index (Phi) is 5.52. The molecule has 0 aromatic heterocycles. The summed E-state index contributed by atoms with van der Waals surface area (Å²) in [6.07, 6.45) is 7.27. The lowest BCUT2D eigenvalue weighted by Crippen LogP contribution is -2.55. The van der Waals surface area contributed by atoms with Crippen molar-refractivity contribution in [1.29, 1.82) is 0 Å². The van der Waals surface area contributed by atoms with E-state index in [0.29, 0.717) is 12.0 Å². The number of rotatable bonds is 5. The topological polar surface area (TPSA) is 47.3 Å². The van der Waals surface area contributed by atoms with E-state index in [2.05, 4.69) is 5.43 Å². The van der Waals surface area contributed by atoms with Gasteiger partial charge in [-0.1, -0.05) is 43.9 Å². The van der Waals surface area contributed by atoms with Gasteiger partial charge in [0.15, 0.2) is 0 Å². The largest absolute Gasteiger partial charge is 0.377 e. The molecule has 1 saturated carbocycles. The first-order valence-electron chi connectivity index (χ1n) is 7.46. The van der Waals surface area contributed by atoms with Crippen LogP contribution < -0.4 is 11.3 Å². The number of hydrogen-bond donors (Lipinski definition) is 2. The van der Waals surface area contributed by atoms with Crippen LogP contribution in [-0.2, 0) is 11.2 Å². The van der Waals surface area contributed by atoms with Crippen molar-refractivity contribution >= 4 is 0 Å². The lowest BCUT2D eigenvalue weighted by atomic mass is 9.83. The number of methoxy groups -OCH3 is 1. The van der Waals surface area contributed by atoms with Crippen LogP contribution in [0.5, 0.6) is 0 Å². The number of ether oxygens (including phenoxy) is 1. The molecular formula is C16H25FN2O. The summed E-state index contributed by atoms with van der Waals surface area (Å²) < 4.78 is 19.7. The number of hydrogen-bond acceptors (Lipinski definition) is 3. The van der Waals surface area contributed by atoms with Gasteiger partial charge >= 0.3 is 0 Å². The van der Waals surface area contributed by atoms with Crippen molar-refractivity contribution in [2.45, 2.75) is 56.6 Å². The van der Waals surface area contributed by atoms with Crippen LogP contribution in [0.2, 0.25) is 0 Å². The molecule has 0 aliphatic heterocycles. The zero-order valence-corrected chi connectivity index (χ0v) is 12.2. The highest BCUT2D eigenvalue weighted by Gasteiger charge is 2.39. The lowest BCUT2D eigenvalue weighted by Gasteiger charge is -2.39. The maximum Gasteiger partial charge on any atom is 0.126 e. The van der Waals surface area contributed by atoms with Crippen molar-refractivity contribution in [2.24, 2.45) is 5.84 Å². The van der Waals surface area contributed by atoms with Crippen molar-refractivity contribution in [2.75, 3.05) is 7.11 Å². The highest BCUT2D eigenvalue weighted by Crippen LogP contribution is 2.34. The fourth-order valence-corrected chi connectivity index (χ4v) is 3.30. The first-order valence-corrected chi connectivity index (χ1v) is 7.46. The number of nitrogens with one attached hydrogen (secondary N) is 1. The molecule has 0 amide bonds. The van der Waals surface area contributed by atoms with Gasteiger partial charge in [-0.25, -0.2) is 4.39 Å². The van der Waals surface area contributed by atoms with Gasteiger partial charge in [-0.2, -0.15) is 0 Å². The van der Waals surface area contributed by atoms with Gasteiger partial charge in [-0.3, -0.25) is 11.3 Å². The van der Waals surface area contributed by atoms with Crippen LogP contribution in [0.15, 0.2) is 24.3 Å². The van der Waals surface area contributed by atoms with Gasteiger partial charge in [0.05, 0.1) is 11.6 Å². The van der Waals surface area contributed by atoms with E-state index >= 15 is 0 Å². The zero-order chi connectivity index (χ0) is 14.4. The third-order valence-corrected chi connectivity index (χ3v) is 4.57. The number of nitrogens with two attached hydrogens (primary N) is 1. The SMILES string of the molecule is COC1(C(Cc2ccccc2F)NN)CCCCCC1. The van der Waals surface area contributed by atoms with Crippen LogP contribution in [-0.4, -0.2) is 18.8 Å². The molecule has 2 rings (SSSR count). The molecule has 112 valence electrons. The fraction of sp³-hybridized carbons (Fsp3) is 0.625. The Morgan fingerprint density at radius 1 is 1.25 bits per heavy atom. The Bertz CT molecular complexity index is 417. The highest BCUT2D eigenvalue weighted by atomic mass is 19.1. The van der Waals surface area contributed by atoms with Gasteiger partial charge in [-0.05, 0) is 30.9 Å². The Balaban J connectivity index is 2.18. The van der Waals surface area contributed by atoms with Crippen molar-refractivity contribution in [3.05, 3.63) is 35.6 Å². The second kappa shape index (κ2) is 7.16. The van der Waals surface area contributed by atoms with Crippen molar-refractivity contribution in [1.82, 2.24) is 5.43 Å². The minimum absolute atomic E-state index is 0.0671. The summed E-state index contributed by atoms with van der Waals surface area (Å²) in [5.74, 6) is 5.59. The molecule has 0 heterocycles. The van der Waals surface area contributed by atoms with Crippen LogP contribution in [0.3, 0.4) is 0 Å². The Hall–Kier alpha value is -0.970. The van der Waals surface area contributed by atoms with Crippen LogP contribution in [0, 0.1) is 5.82 Å². The molecule has 0 spiro atoms. The first-order chi connectivity index (χ1) is 9.72. The van der Waals surface area contributed by atoms with E-state index in [1.54, 1.807) is 13.2 Å². The first kappa shape index (κ1) is 15.4. The molecule has 1 fully saturated rings. The molecule has 0 bridgehead atoms. The average molecular weight is 280 g/mol. The van der Waals surface area contributed by atoms with Gasteiger partial charge < -0.3 is 4.74 Å². The lowest BCUT2D eigenvalue weighted by molar-refractivity contribution is -0.0528. The molecule has 1 aromatic rings. The Morgan fingerprint density at radius 2 is 1.90 bits per heavy atom. The highest BCUT2D eigenvalue weighted by molar-refractivity contribution is 5.19. The molecule has 3 N–H and O–H groups in total. The van der Waals surface area contributed by atoms with E-state index in [-0.39, 0.29) is 17.5 Å². The van der Waals surface area contributed by atoms with E-state index in [1.165, 1.54) is 18.9 Å². The number of benzene rings is 1. The zero-order valence-electron chi connectivity index (χ0n) is 12.2. The van der Waals surface area contributed by atoms with Crippen LogP contribution in [0.25, 0.3) is 0 Å². The van der Waals surface area contributed by atoms with Crippen molar-refractivity contribution in [3.8, 4) is 0 Å². The monoisotopic (exact) mass is 280 g/mol. The van der Waals surface area contributed by atoms with E-state index < -0.39 is 0 Å². The molecule has 1 aliphatic rings. The fourth-order valence-electron chi connectivity index (χ4n) is 3.30. The number of hydrazine groups is 1. The van der Waals surface area contributed by atoms with Crippen molar-refractivity contribution < 1.29 is 9.13 Å². The molecule has 0 radical (unpaired) electrons. The molecule has 1 aromatic carbocycles. The van der Waals surface area contributed by atoms with Gasteiger partial charge in [0.1, 0.15) is 5.82 Å². The Labute approximate surface area is 120 Å². The molecule has 1 aliphatic carbocycles. The van der Waals surface area contributed by atoms with Gasteiger partial charge in [0.25, 0.3) is 0 Å². The van der Waals surface area contributed by atoms with Crippen LogP contribution in [0.1, 0.15) is 44.1 Å². The van der Waals surface area contributed by atoms with Gasteiger partial charge in [-0.15, -0.1) is 0 Å². The minimum atomic E-state index is -0.284. The second-order valence-electron chi connectivity index (χ2n) is 5.70. The summed E-state index contributed by atoms with van der Waals surface area (Å²) in [5.41, 5.74) is 3.28. The van der Waals surface area contributed by atoms with Crippen molar-refractivity contribution in [3.63, 3.8) is 0 Å². The van der Waals surface area contributed by atoms with Gasteiger partial charge in [0, 0.05) is 7.11 Å². The second-order valence-corrected chi connectivity index (χ2v) is 5.70. The summed E-state index contributed by atoms with van der Waals surface area (Å²) in [6.45, 7) is 0. The van der Waals surface area contributed by atoms with Crippen LogP contribution >= 0.6 is 0 Å². The molecular weight excluding hydrogens is 255 g/mol. The molecule has 1 unspecified atom stereocenters. The van der Waals surface area contributed by atoms with E-state index in [1.807, 2.05) is 12.1 Å². The predicted octanol–water partition coefficient (Wildman–Crippen LogP) is 2.94. The number of halogens is 1. The molecule has 1 atom stereocenters. The standard InChI is InChI=1S/C16H25FN2O/c1-20-16(10-6-2-3-7-11-16)15(19-18)12-13-8-4-5-9-14(13)17/h4-5,8-9,15,19H,2-3,6-7,10-12,18H2,1H3. The molecule has 4 heteroatoms. The van der Waals surface area contributed by atoms with E-state index in [0.717, 1.165) is 25.7 Å². The summed E-state index contributed by atoms with van der Waals surface area (Å²) in [7, 11) is 1.75. The maximum atomic E-state index is 13.9. The summed E-state index contributed by atoms with van der Waals surface area (Å²) >= 11 is 0.